The zero-order valence-corrected chi connectivity index (χ0v) is 9.66. The molecule has 1 aliphatic heterocycles. The molecule has 1 N–H and O–H groups in total. The van der Waals surface area contributed by atoms with Gasteiger partial charge in [0.15, 0.2) is 0 Å². The number of amides is 1. The fraction of sp³-hybridized carbons (Fsp3) is 0.900. The highest BCUT2D eigenvalue weighted by molar-refractivity contribution is 5.77. The van der Waals surface area contributed by atoms with E-state index < -0.39 is 0 Å². The molecule has 0 aromatic heterocycles. The summed E-state index contributed by atoms with van der Waals surface area (Å²) in [6.45, 7) is 5.74. The molecule has 1 rings (SSSR count). The van der Waals surface area contributed by atoms with Gasteiger partial charge in [-0.15, -0.1) is 0 Å². The standard InChI is InChI=1S/C10H21N3O2/c1-12-4-6-13(7-5-12)9-10(14)11-3-8-15-2/h3-9H2,1-2H3,(H,11,14). The Morgan fingerprint density at radius 3 is 2.60 bits per heavy atom. The topological polar surface area (TPSA) is 44.8 Å². The van der Waals surface area contributed by atoms with Crippen LogP contribution < -0.4 is 5.32 Å². The monoisotopic (exact) mass is 215 g/mol. The van der Waals surface area contributed by atoms with Crippen molar-refractivity contribution in [2.45, 2.75) is 0 Å². The van der Waals surface area contributed by atoms with Gasteiger partial charge >= 0.3 is 0 Å². The highest BCUT2D eigenvalue weighted by Gasteiger charge is 2.15. The number of nitrogens with one attached hydrogen (secondary N) is 1. The van der Waals surface area contributed by atoms with Crippen LogP contribution in [0.4, 0.5) is 0 Å². The quantitative estimate of drug-likeness (QED) is 0.597. The number of likely N-dealkylation sites (N-methyl/N-ethyl adjacent to an activating group) is 1. The molecule has 0 saturated carbocycles. The fourth-order valence-corrected chi connectivity index (χ4v) is 1.56. The van der Waals surface area contributed by atoms with Gasteiger partial charge in [0, 0.05) is 39.8 Å². The Morgan fingerprint density at radius 2 is 2.00 bits per heavy atom. The molecule has 0 atom stereocenters. The summed E-state index contributed by atoms with van der Waals surface area (Å²) in [5.74, 6) is 0.0941. The lowest BCUT2D eigenvalue weighted by molar-refractivity contribution is -0.122. The second-order valence-corrected chi connectivity index (χ2v) is 3.92. The van der Waals surface area contributed by atoms with Gasteiger partial charge < -0.3 is 15.0 Å². The lowest BCUT2D eigenvalue weighted by Crippen LogP contribution is -2.48. The van der Waals surface area contributed by atoms with Crippen molar-refractivity contribution < 1.29 is 9.53 Å². The van der Waals surface area contributed by atoms with Gasteiger partial charge in [0.25, 0.3) is 0 Å². The molecule has 0 unspecified atom stereocenters. The Bertz CT molecular complexity index is 191. The third-order valence-corrected chi connectivity index (χ3v) is 2.59. The van der Waals surface area contributed by atoms with Crippen LogP contribution in [-0.4, -0.2) is 75.7 Å². The van der Waals surface area contributed by atoms with E-state index in [4.69, 9.17) is 4.74 Å². The molecule has 5 heteroatoms. The molecule has 88 valence electrons. The number of ether oxygens (including phenoxy) is 1. The van der Waals surface area contributed by atoms with Crippen LogP contribution in [0.2, 0.25) is 0 Å². The summed E-state index contributed by atoms with van der Waals surface area (Å²) in [5.41, 5.74) is 0. The van der Waals surface area contributed by atoms with Crippen molar-refractivity contribution in [1.82, 2.24) is 15.1 Å². The van der Waals surface area contributed by atoms with E-state index in [1.807, 2.05) is 0 Å². The number of rotatable bonds is 5. The van der Waals surface area contributed by atoms with Crippen LogP contribution >= 0.6 is 0 Å². The number of hydrogen-bond acceptors (Lipinski definition) is 4. The van der Waals surface area contributed by atoms with Gasteiger partial charge in [0.2, 0.25) is 5.91 Å². The maximum atomic E-state index is 11.4. The predicted molar refractivity (Wildman–Crippen MR) is 58.8 cm³/mol. The maximum Gasteiger partial charge on any atom is 0.234 e. The van der Waals surface area contributed by atoms with E-state index in [0.29, 0.717) is 19.7 Å². The summed E-state index contributed by atoms with van der Waals surface area (Å²) in [5, 5.41) is 2.82. The second-order valence-electron chi connectivity index (χ2n) is 3.92. The average Bonchev–Trinajstić information content (AvgIpc) is 2.22. The zero-order chi connectivity index (χ0) is 11.1. The summed E-state index contributed by atoms with van der Waals surface area (Å²) in [6, 6.07) is 0. The number of methoxy groups -OCH3 is 1. The molecular formula is C10H21N3O2. The van der Waals surface area contributed by atoms with Gasteiger partial charge in [-0.05, 0) is 7.05 Å². The van der Waals surface area contributed by atoms with E-state index in [1.54, 1.807) is 7.11 Å². The van der Waals surface area contributed by atoms with E-state index in [-0.39, 0.29) is 5.91 Å². The Hall–Kier alpha value is -0.650. The Balaban J connectivity index is 2.09. The highest BCUT2D eigenvalue weighted by atomic mass is 16.5. The van der Waals surface area contributed by atoms with Crippen molar-refractivity contribution in [2.24, 2.45) is 0 Å². The minimum atomic E-state index is 0.0941. The van der Waals surface area contributed by atoms with E-state index in [1.165, 1.54) is 0 Å². The second kappa shape index (κ2) is 6.76. The molecule has 1 aliphatic rings. The first-order chi connectivity index (χ1) is 7.22. The van der Waals surface area contributed by atoms with Crippen molar-refractivity contribution in [3.05, 3.63) is 0 Å². The minimum Gasteiger partial charge on any atom is -0.383 e. The van der Waals surface area contributed by atoms with Crippen LogP contribution in [0.3, 0.4) is 0 Å². The molecule has 5 nitrogen and oxygen atoms in total. The van der Waals surface area contributed by atoms with Crippen molar-refractivity contribution in [3.8, 4) is 0 Å². The van der Waals surface area contributed by atoms with Gasteiger partial charge in [-0.25, -0.2) is 0 Å². The number of hydrogen-bond donors (Lipinski definition) is 1. The fourth-order valence-electron chi connectivity index (χ4n) is 1.56. The smallest absolute Gasteiger partial charge is 0.234 e. The number of nitrogens with zero attached hydrogens (tertiary/aromatic N) is 2. The minimum absolute atomic E-state index is 0.0941. The van der Waals surface area contributed by atoms with Gasteiger partial charge in [-0.1, -0.05) is 0 Å². The van der Waals surface area contributed by atoms with Crippen LogP contribution in [0, 0.1) is 0 Å². The molecule has 0 radical (unpaired) electrons. The molecule has 0 bridgehead atoms. The molecule has 0 spiro atoms. The van der Waals surface area contributed by atoms with Crippen LogP contribution in [-0.2, 0) is 9.53 Å². The molecule has 1 amide bonds. The highest BCUT2D eigenvalue weighted by Crippen LogP contribution is 1.97. The number of carbonyl (C=O) groups is 1. The third-order valence-electron chi connectivity index (χ3n) is 2.59. The van der Waals surface area contributed by atoms with Crippen LogP contribution in [0.15, 0.2) is 0 Å². The molecule has 1 fully saturated rings. The van der Waals surface area contributed by atoms with Gasteiger partial charge in [0.05, 0.1) is 13.2 Å². The van der Waals surface area contributed by atoms with Crippen molar-refractivity contribution in [2.75, 3.05) is 60.0 Å². The third kappa shape index (κ3) is 5.11. The zero-order valence-electron chi connectivity index (χ0n) is 9.66. The number of carbonyl (C=O) groups excluding carboxylic acids is 1. The van der Waals surface area contributed by atoms with Crippen LogP contribution in [0.5, 0.6) is 0 Å². The van der Waals surface area contributed by atoms with Gasteiger partial charge in [-0.3, -0.25) is 9.69 Å². The molecule has 0 aromatic carbocycles. The maximum absolute atomic E-state index is 11.4. The van der Waals surface area contributed by atoms with E-state index in [2.05, 4.69) is 22.2 Å². The number of piperazine rings is 1. The SMILES string of the molecule is COCCNC(=O)CN1CCN(C)CC1. The van der Waals surface area contributed by atoms with E-state index >= 15 is 0 Å². The molecule has 0 aromatic rings. The van der Waals surface area contributed by atoms with Gasteiger partial charge in [-0.2, -0.15) is 0 Å². The molecule has 1 saturated heterocycles. The first kappa shape index (κ1) is 12.4. The molecule has 0 aliphatic carbocycles. The lowest BCUT2D eigenvalue weighted by atomic mass is 10.3. The van der Waals surface area contributed by atoms with Crippen molar-refractivity contribution >= 4 is 5.91 Å². The summed E-state index contributed by atoms with van der Waals surface area (Å²) in [6.07, 6.45) is 0. The Morgan fingerprint density at radius 1 is 1.33 bits per heavy atom. The Kier molecular flexibility index (Phi) is 5.60. The predicted octanol–water partition coefficient (Wildman–Crippen LogP) is -1.00. The summed E-state index contributed by atoms with van der Waals surface area (Å²) in [7, 11) is 3.74. The van der Waals surface area contributed by atoms with Crippen molar-refractivity contribution in [1.29, 1.82) is 0 Å². The molecular weight excluding hydrogens is 194 g/mol. The van der Waals surface area contributed by atoms with E-state index in [9.17, 15) is 4.79 Å². The average molecular weight is 215 g/mol. The normalized spacial score (nSPS) is 19.1. The molecule has 1 heterocycles. The van der Waals surface area contributed by atoms with E-state index in [0.717, 1.165) is 26.2 Å². The summed E-state index contributed by atoms with van der Waals surface area (Å²) >= 11 is 0. The van der Waals surface area contributed by atoms with Gasteiger partial charge in [0.1, 0.15) is 0 Å². The largest absolute Gasteiger partial charge is 0.383 e. The lowest BCUT2D eigenvalue weighted by Gasteiger charge is -2.31. The van der Waals surface area contributed by atoms with Crippen LogP contribution in [0.25, 0.3) is 0 Å². The molecule has 15 heavy (non-hydrogen) atoms. The van der Waals surface area contributed by atoms with Crippen molar-refractivity contribution in [3.63, 3.8) is 0 Å². The summed E-state index contributed by atoms with van der Waals surface area (Å²) in [4.78, 5) is 15.9. The summed E-state index contributed by atoms with van der Waals surface area (Å²) < 4.78 is 4.86. The first-order valence-corrected chi connectivity index (χ1v) is 5.39. The van der Waals surface area contributed by atoms with Crippen LogP contribution in [0.1, 0.15) is 0 Å². The Labute approximate surface area is 91.4 Å². The first-order valence-electron chi connectivity index (χ1n) is 5.39.